The Morgan fingerprint density at radius 3 is 1.49 bits per heavy atom. The van der Waals surface area contributed by atoms with Gasteiger partial charge >= 0.3 is 0 Å². The van der Waals surface area contributed by atoms with Crippen molar-refractivity contribution in [2.75, 3.05) is 4.90 Å². The molecule has 0 saturated carbocycles. The topological polar surface area (TPSA) is 16.4 Å². The maximum absolute atomic E-state index is 7.39. The molecular formula is C67H49NO. The van der Waals surface area contributed by atoms with Gasteiger partial charge in [-0.25, -0.2) is 0 Å². The second-order valence-corrected chi connectivity index (χ2v) is 20.4. The molecule has 328 valence electrons. The summed E-state index contributed by atoms with van der Waals surface area (Å²) < 4.78 is 7.39. The standard InChI is InChI=1S/C67H49NO/c1-65(2)54-25-10-8-20-48(54)50-39-37-46(41-60(50)65)68(45-35-32-43(33-36-45)42-18-6-5-7-19-42)62-31-17-24-53-52-23-16-22-47(63(52)69-64(53)62)44-34-38-51-49-21-9-11-26-55(49)67(61(51)40-44)58-29-14-12-27-56(58)66(3,4)57-28-13-15-30-59(57)67/h5-41H,1-4H3. The van der Waals surface area contributed by atoms with Gasteiger partial charge in [-0.15, -0.1) is 0 Å². The highest BCUT2D eigenvalue weighted by molar-refractivity contribution is 6.14. The SMILES string of the molecule is CC1(C)c2ccccc2-c2ccc(N(c3ccc(-c4ccccc4)cc3)c3cccc4c3oc3c(-c5ccc6c(c5)C5(c7ccccc7-6)c6ccccc6C(C)(C)c6ccccc65)cccc34)cc21. The van der Waals surface area contributed by atoms with E-state index in [1.165, 1.54) is 77.9 Å². The average Bonchev–Trinajstić information content (AvgIpc) is 4.00. The first-order chi connectivity index (χ1) is 33.7. The van der Waals surface area contributed by atoms with E-state index in [0.29, 0.717) is 0 Å². The van der Waals surface area contributed by atoms with Crippen LogP contribution in [-0.4, -0.2) is 0 Å². The highest BCUT2D eigenvalue weighted by Gasteiger charge is 2.53. The molecule has 1 aromatic heterocycles. The molecule has 2 nitrogen and oxygen atoms in total. The molecule has 11 aromatic rings. The molecular weight excluding hydrogens is 835 g/mol. The monoisotopic (exact) mass is 883 g/mol. The number of furan rings is 1. The predicted molar refractivity (Wildman–Crippen MR) is 286 cm³/mol. The largest absolute Gasteiger partial charge is 0.453 e. The van der Waals surface area contributed by atoms with Crippen molar-refractivity contribution in [3.05, 3.63) is 269 Å². The van der Waals surface area contributed by atoms with Crippen LogP contribution in [0.3, 0.4) is 0 Å². The number of rotatable bonds is 5. The smallest absolute Gasteiger partial charge is 0.159 e. The van der Waals surface area contributed by atoms with E-state index >= 15 is 0 Å². The van der Waals surface area contributed by atoms with E-state index in [-0.39, 0.29) is 10.8 Å². The molecule has 0 saturated heterocycles. The molecule has 0 fully saturated rings. The minimum absolute atomic E-state index is 0.154. The molecule has 0 atom stereocenters. The summed E-state index contributed by atoms with van der Waals surface area (Å²) in [5, 5.41) is 2.19. The average molecular weight is 884 g/mol. The van der Waals surface area contributed by atoms with Crippen molar-refractivity contribution >= 4 is 39.0 Å². The second kappa shape index (κ2) is 14.4. The Kier molecular flexibility index (Phi) is 8.33. The van der Waals surface area contributed by atoms with Gasteiger partial charge in [0.05, 0.1) is 11.1 Å². The van der Waals surface area contributed by atoms with Crippen LogP contribution in [0.15, 0.2) is 229 Å². The Morgan fingerprint density at radius 2 is 0.783 bits per heavy atom. The molecule has 0 aliphatic heterocycles. The van der Waals surface area contributed by atoms with Gasteiger partial charge in [-0.3, -0.25) is 0 Å². The molecule has 1 heterocycles. The molecule has 3 aliphatic rings. The van der Waals surface area contributed by atoms with Gasteiger partial charge in [0.1, 0.15) is 5.58 Å². The van der Waals surface area contributed by atoms with E-state index in [0.717, 1.165) is 50.1 Å². The number of hydrogen-bond acceptors (Lipinski definition) is 2. The molecule has 14 rings (SSSR count). The first-order valence-corrected chi connectivity index (χ1v) is 24.3. The van der Waals surface area contributed by atoms with E-state index in [1.807, 2.05) is 0 Å². The number of nitrogens with zero attached hydrogens (tertiary/aromatic N) is 1. The van der Waals surface area contributed by atoms with Crippen LogP contribution in [-0.2, 0) is 16.2 Å². The lowest BCUT2D eigenvalue weighted by Crippen LogP contribution is -2.40. The summed E-state index contributed by atoms with van der Waals surface area (Å²) in [6.45, 7) is 9.48. The van der Waals surface area contributed by atoms with Gasteiger partial charge < -0.3 is 9.32 Å². The molecule has 10 aromatic carbocycles. The van der Waals surface area contributed by atoms with Crippen LogP contribution in [0.2, 0.25) is 0 Å². The normalized spacial score (nSPS) is 15.0. The second-order valence-electron chi connectivity index (χ2n) is 20.4. The van der Waals surface area contributed by atoms with E-state index < -0.39 is 5.41 Å². The van der Waals surface area contributed by atoms with Gasteiger partial charge in [-0.2, -0.15) is 0 Å². The summed E-state index contributed by atoms with van der Waals surface area (Å²) >= 11 is 0. The number of benzene rings is 10. The third-order valence-corrected chi connectivity index (χ3v) is 16.2. The summed E-state index contributed by atoms with van der Waals surface area (Å²) in [4.78, 5) is 2.40. The van der Waals surface area contributed by atoms with E-state index in [9.17, 15) is 0 Å². The Balaban J connectivity index is 0.972. The molecule has 0 bridgehead atoms. The minimum Gasteiger partial charge on any atom is -0.453 e. The van der Waals surface area contributed by atoms with Gasteiger partial charge in [0, 0.05) is 38.5 Å². The van der Waals surface area contributed by atoms with E-state index in [2.05, 4.69) is 257 Å². The molecule has 0 unspecified atom stereocenters. The third-order valence-electron chi connectivity index (χ3n) is 16.2. The summed E-state index contributed by atoms with van der Waals surface area (Å²) in [5.41, 5.74) is 24.7. The van der Waals surface area contributed by atoms with Crippen molar-refractivity contribution < 1.29 is 4.42 Å². The fraction of sp³-hybridized carbons (Fsp3) is 0.104. The lowest BCUT2D eigenvalue weighted by Gasteiger charge is -2.46. The molecule has 0 amide bonds. The van der Waals surface area contributed by atoms with E-state index in [4.69, 9.17) is 4.42 Å². The highest BCUT2D eigenvalue weighted by Crippen LogP contribution is 2.63. The fourth-order valence-electron chi connectivity index (χ4n) is 12.9. The molecule has 1 spiro atoms. The van der Waals surface area contributed by atoms with Crippen LogP contribution < -0.4 is 4.90 Å². The first kappa shape index (κ1) is 39.9. The highest BCUT2D eigenvalue weighted by atomic mass is 16.3. The zero-order valence-corrected chi connectivity index (χ0v) is 39.2. The predicted octanol–water partition coefficient (Wildman–Crippen LogP) is 17.7. The maximum atomic E-state index is 7.39. The van der Waals surface area contributed by atoms with Crippen LogP contribution in [0.25, 0.3) is 66.4 Å². The number of hydrogen-bond donors (Lipinski definition) is 0. The van der Waals surface area contributed by atoms with Crippen molar-refractivity contribution in [2.24, 2.45) is 0 Å². The van der Waals surface area contributed by atoms with Crippen molar-refractivity contribution in [3.63, 3.8) is 0 Å². The summed E-state index contributed by atoms with van der Waals surface area (Å²) in [5.74, 6) is 0. The van der Waals surface area contributed by atoms with Gasteiger partial charge in [0.25, 0.3) is 0 Å². The van der Waals surface area contributed by atoms with Gasteiger partial charge in [-0.05, 0) is 120 Å². The fourth-order valence-corrected chi connectivity index (χ4v) is 12.9. The Morgan fingerprint density at radius 1 is 0.304 bits per heavy atom. The Labute approximate surface area is 403 Å². The van der Waals surface area contributed by atoms with E-state index in [1.54, 1.807) is 0 Å². The molecule has 3 aliphatic carbocycles. The maximum Gasteiger partial charge on any atom is 0.159 e. The summed E-state index contributed by atoms with van der Waals surface area (Å²) in [6.07, 6.45) is 0. The van der Waals surface area contributed by atoms with Crippen molar-refractivity contribution in [2.45, 2.75) is 43.9 Å². The van der Waals surface area contributed by atoms with Crippen LogP contribution in [0.5, 0.6) is 0 Å². The van der Waals surface area contributed by atoms with Gasteiger partial charge in [0.15, 0.2) is 5.58 Å². The number of para-hydroxylation sites is 2. The molecule has 0 N–H and O–H groups in total. The van der Waals surface area contributed by atoms with Crippen LogP contribution in [0, 0.1) is 0 Å². The van der Waals surface area contributed by atoms with Crippen LogP contribution >= 0.6 is 0 Å². The number of anilines is 3. The molecule has 69 heavy (non-hydrogen) atoms. The van der Waals surface area contributed by atoms with Crippen molar-refractivity contribution in [3.8, 4) is 44.5 Å². The third kappa shape index (κ3) is 5.43. The number of fused-ring (bicyclic) bond motifs is 15. The van der Waals surface area contributed by atoms with Gasteiger partial charge in [0.2, 0.25) is 0 Å². The van der Waals surface area contributed by atoms with Crippen LogP contribution in [0.1, 0.15) is 72.2 Å². The lowest BCUT2D eigenvalue weighted by molar-refractivity contribution is 0.563. The van der Waals surface area contributed by atoms with Crippen LogP contribution in [0.4, 0.5) is 17.1 Å². The quantitative estimate of drug-likeness (QED) is 0.171. The zero-order chi connectivity index (χ0) is 46.2. The zero-order valence-electron chi connectivity index (χ0n) is 39.2. The van der Waals surface area contributed by atoms with Crippen molar-refractivity contribution in [1.29, 1.82) is 0 Å². The van der Waals surface area contributed by atoms with Crippen molar-refractivity contribution in [1.82, 2.24) is 0 Å². The molecule has 2 heteroatoms. The first-order valence-electron chi connectivity index (χ1n) is 24.3. The summed E-state index contributed by atoms with van der Waals surface area (Å²) in [6, 6.07) is 83.4. The Hall–Kier alpha value is -8.20. The lowest BCUT2D eigenvalue weighted by atomic mass is 9.55. The minimum atomic E-state index is -0.484. The molecule has 0 radical (unpaired) electrons. The van der Waals surface area contributed by atoms with Gasteiger partial charge in [-0.1, -0.05) is 216 Å². The summed E-state index contributed by atoms with van der Waals surface area (Å²) in [7, 11) is 0. The Bertz CT molecular complexity index is 3860.